The Labute approximate surface area is 100 Å². The monoisotopic (exact) mass is 257 g/mol. The molecule has 2 aromatic rings. The molecule has 0 aliphatic carbocycles. The van der Waals surface area contributed by atoms with Crippen LogP contribution in [0.15, 0.2) is 18.2 Å². The Morgan fingerprint density at radius 1 is 1.22 bits per heavy atom. The number of nitrogen functional groups attached to an aromatic ring is 2. The van der Waals surface area contributed by atoms with E-state index in [-0.39, 0.29) is 17.5 Å². The molecule has 0 fully saturated rings. The standard InChI is InChI=1S/C10H10F3N5/c1-18-9(15)16-8(17-18)6-3-2-5(4-7(6)14)10(11,12)13/h2-4H,14H2,1H3,(H2,15,16,17). The largest absolute Gasteiger partial charge is 0.416 e. The fourth-order valence-corrected chi connectivity index (χ4v) is 1.45. The van der Waals surface area contributed by atoms with Crippen molar-refractivity contribution in [2.45, 2.75) is 6.18 Å². The Balaban J connectivity index is 2.48. The number of aryl methyl sites for hydroxylation is 1. The first-order chi connectivity index (χ1) is 8.29. The van der Waals surface area contributed by atoms with Gasteiger partial charge in [-0.2, -0.15) is 18.2 Å². The molecule has 0 aliphatic rings. The van der Waals surface area contributed by atoms with Crippen molar-refractivity contribution < 1.29 is 13.2 Å². The van der Waals surface area contributed by atoms with E-state index in [0.29, 0.717) is 5.56 Å². The minimum Gasteiger partial charge on any atom is -0.398 e. The minimum absolute atomic E-state index is 0.0459. The summed E-state index contributed by atoms with van der Waals surface area (Å²) in [6, 6.07) is 3.01. The highest BCUT2D eigenvalue weighted by atomic mass is 19.4. The van der Waals surface area contributed by atoms with Crippen molar-refractivity contribution >= 4 is 11.6 Å². The smallest absolute Gasteiger partial charge is 0.398 e. The van der Waals surface area contributed by atoms with Crippen molar-refractivity contribution in [1.82, 2.24) is 14.8 Å². The Bertz CT molecular complexity index is 568. The molecule has 4 N–H and O–H groups in total. The van der Waals surface area contributed by atoms with Crippen molar-refractivity contribution in [1.29, 1.82) is 0 Å². The predicted octanol–water partition coefficient (Wildman–Crippen LogP) is 1.67. The van der Waals surface area contributed by atoms with Gasteiger partial charge in [0.15, 0.2) is 5.82 Å². The van der Waals surface area contributed by atoms with Gasteiger partial charge in [0.2, 0.25) is 5.95 Å². The Morgan fingerprint density at radius 3 is 2.33 bits per heavy atom. The average molecular weight is 257 g/mol. The lowest BCUT2D eigenvalue weighted by Crippen LogP contribution is -2.06. The summed E-state index contributed by atoms with van der Waals surface area (Å²) in [5.74, 6) is 0.352. The predicted molar refractivity (Wildman–Crippen MR) is 60.3 cm³/mol. The third kappa shape index (κ3) is 2.08. The minimum atomic E-state index is -4.43. The van der Waals surface area contributed by atoms with Crippen LogP contribution in [0.1, 0.15) is 5.56 Å². The summed E-state index contributed by atoms with van der Waals surface area (Å²) in [5.41, 5.74) is 10.5. The SMILES string of the molecule is Cn1nc(-c2ccc(C(F)(F)F)cc2N)nc1N. The maximum absolute atomic E-state index is 12.5. The Hall–Kier alpha value is -2.25. The Morgan fingerprint density at radius 2 is 1.89 bits per heavy atom. The van der Waals surface area contributed by atoms with Gasteiger partial charge >= 0.3 is 6.18 Å². The molecule has 0 unspecified atom stereocenters. The van der Waals surface area contributed by atoms with Crippen LogP contribution in [0.3, 0.4) is 0 Å². The Kier molecular flexibility index (Phi) is 2.64. The zero-order chi connectivity index (χ0) is 13.5. The van der Waals surface area contributed by atoms with Gasteiger partial charge in [0.25, 0.3) is 0 Å². The molecule has 96 valence electrons. The molecule has 0 atom stereocenters. The molecule has 0 amide bonds. The van der Waals surface area contributed by atoms with Gasteiger partial charge in [0.1, 0.15) is 0 Å². The molecule has 0 saturated carbocycles. The van der Waals surface area contributed by atoms with E-state index in [9.17, 15) is 13.2 Å². The van der Waals surface area contributed by atoms with Crippen LogP contribution in [0, 0.1) is 0 Å². The maximum Gasteiger partial charge on any atom is 0.416 e. The third-order valence-electron chi connectivity index (χ3n) is 2.42. The van der Waals surface area contributed by atoms with Gasteiger partial charge in [-0.15, -0.1) is 5.10 Å². The molecule has 1 aromatic heterocycles. The second kappa shape index (κ2) is 3.90. The van der Waals surface area contributed by atoms with E-state index < -0.39 is 11.7 Å². The van der Waals surface area contributed by atoms with Crippen LogP contribution in [0.2, 0.25) is 0 Å². The van der Waals surface area contributed by atoms with Gasteiger partial charge in [-0.3, -0.25) is 0 Å². The highest BCUT2D eigenvalue weighted by Gasteiger charge is 2.31. The molecule has 0 bridgehead atoms. The number of aromatic nitrogens is 3. The van der Waals surface area contributed by atoms with E-state index >= 15 is 0 Å². The van der Waals surface area contributed by atoms with Gasteiger partial charge in [0, 0.05) is 18.3 Å². The second-order valence-corrected chi connectivity index (χ2v) is 3.72. The van der Waals surface area contributed by atoms with Crippen LogP contribution >= 0.6 is 0 Å². The van der Waals surface area contributed by atoms with E-state index in [4.69, 9.17) is 11.5 Å². The van der Waals surface area contributed by atoms with Crippen molar-refractivity contribution in [2.75, 3.05) is 11.5 Å². The lowest BCUT2D eigenvalue weighted by Gasteiger charge is -2.08. The van der Waals surface area contributed by atoms with Crippen LogP contribution in [0.4, 0.5) is 24.8 Å². The number of benzene rings is 1. The normalized spacial score (nSPS) is 11.8. The summed E-state index contributed by atoms with van der Waals surface area (Å²) in [6.07, 6.45) is -4.43. The van der Waals surface area contributed by atoms with Crippen molar-refractivity contribution in [3.63, 3.8) is 0 Å². The number of nitrogens with two attached hydrogens (primary N) is 2. The van der Waals surface area contributed by atoms with Gasteiger partial charge in [0.05, 0.1) is 5.56 Å². The zero-order valence-corrected chi connectivity index (χ0v) is 9.36. The summed E-state index contributed by atoms with van der Waals surface area (Å²) in [7, 11) is 1.58. The molecule has 0 aliphatic heterocycles. The summed E-state index contributed by atoms with van der Waals surface area (Å²) in [4.78, 5) is 3.90. The summed E-state index contributed by atoms with van der Waals surface area (Å²) >= 11 is 0. The quantitative estimate of drug-likeness (QED) is 0.761. The lowest BCUT2D eigenvalue weighted by atomic mass is 10.1. The highest BCUT2D eigenvalue weighted by Crippen LogP contribution is 2.33. The fourth-order valence-electron chi connectivity index (χ4n) is 1.45. The van der Waals surface area contributed by atoms with Crippen molar-refractivity contribution in [2.24, 2.45) is 7.05 Å². The summed E-state index contributed by atoms with van der Waals surface area (Å²) in [6.45, 7) is 0. The summed E-state index contributed by atoms with van der Waals surface area (Å²) in [5, 5.41) is 3.95. The van der Waals surface area contributed by atoms with Crippen LogP contribution < -0.4 is 11.5 Å². The van der Waals surface area contributed by atoms with Gasteiger partial charge < -0.3 is 11.5 Å². The molecule has 18 heavy (non-hydrogen) atoms. The van der Waals surface area contributed by atoms with E-state index in [1.54, 1.807) is 7.05 Å². The molecule has 0 radical (unpaired) electrons. The maximum atomic E-state index is 12.5. The van der Waals surface area contributed by atoms with Crippen LogP contribution in [0.5, 0.6) is 0 Å². The van der Waals surface area contributed by atoms with Crippen molar-refractivity contribution in [3.8, 4) is 11.4 Å². The molecule has 8 heteroatoms. The van der Waals surface area contributed by atoms with E-state index in [1.165, 1.54) is 10.7 Å². The summed E-state index contributed by atoms with van der Waals surface area (Å²) < 4.78 is 38.7. The zero-order valence-electron chi connectivity index (χ0n) is 9.36. The number of rotatable bonds is 1. The number of alkyl halides is 3. The molecule has 2 rings (SSSR count). The van der Waals surface area contributed by atoms with E-state index in [0.717, 1.165) is 12.1 Å². The molecule has 5 nitrogen and oxygen atoms in total. The lowest BCUT2D eigenvalue weighted by molar-refractivity contribution is -0.137. The molecular weight excluding hydrogens is 247 g/mol. The second-order valence-electron chi connectivity index (χ2n) is 3.72. The number of anilines is 2. The van der Waals surface area contributed by atoms with E-state index in [1.807, 2.05) is 0 Å². The first-order valence-electron chi connectivity index (χ1n) is 4.92. The number of nitrogens with zero attached hydrogens (tertiary/aromatic N) is 3. The van der Waals surface area contributed by atoms with Gasteiger partial charge in [-0.1, -0.05) is 0 Å². The number of hydrogen-bond acceptors (Lipinski definition) is 4. The van der Waals surface area contributed by atoms with Crippen molar-refractivity contribution in [3.05, 3.63) is 23.8 Å². The van der Waals surface area contributed by atoms with Crippen LogP contribution in [-0.4, -0.2) is 14.8 Å². The number of hydrogen-bond donors (Lipinski definition) is 2. The van der Waals surface area contributed by atoms with Crippen LogP contribution in [-0.2, 0) is 13.2 Å². The van der Waals surface area contributed by atoms with E-state index in [2.05, 4.69) is 10.1 Å². The molecule has 1 heterocycles. The van der Waals surface area contributed by atoms with Gasteiger partial charge in [-0.05, 0) is 18.2 Å². The fraction of sp³-hybridized carbons (Fsp3) is 0.200. The third-order valence-corrected chi connectivity index (χ3v) is 2.42. The first kappa shape index (κ1) is 12.2. The molecular formula is C10H10F3N5. The van der Waals surface area contributed by atoms with Gasteiger partial charge in [-0.25, -0.2) is 4.68 Å². The first-order valence-corrected chi connectivity index (χ1v) is 4.92. The highest BCUT2D eigenvalue weighted by molar-refractivity contribution is 5.72. The molecule has 1 aromatic carbocycles. The molecule has 0 saturated heterocycles. The van der Waals surface area contributed by atoms with Crippen LogP contribution in [0.25, 0.3) is 11.4 Å². The molecule has 0 spiro atoms. The topological polar surface area (TPSA) is 82.8 Å². The number of halogens is 3. The average Bonchev–Trinajstić information content (AvgIpc) is 2.57.